The predicted octanol–water partition coefficient (Wildman–Crippen LogP) is 4.11. The van der Waals surface area contributed by atoms with Gasteiger partial charge in [0.1, 0.15) is 5.82 Å². The average molecular weight is 288 g/mol. The van der Waals surface area contributed by atoms with Crippen molar-refractivity contribution in [2.75, 3.05) is 6.54 Å². The average Bonchev–Trinajstić information content (AvgIpc) is 2.23. The van der Waals surface area contributed by atoms with Gasteiger partial charge in [0.15, 0.2) is 0 Å². The van der Waals surface area contributed by atoms with E-state index in [0.29, 0.717) is 4.47 Å². The quantitative estimate of drug-likeness (QED) is 0.777. The highest BCUT2D eigenvalue weighted by Crippen LogP contribution is 2.20. The van der Waals surface area contributed by atoms with Crippen LogP contribution in [0, 0.1) is 11.7 Å². The molecular weight excluding hydrogens is 269 g/mol. The highest BCUT2D eigenvalue weighted by Gasteiger charge is 2.04. The van der Waals surface area contributed by atoms with E-state index in [1.165, 1.54) is 18.9 Å². The largest absolute Gasteiger partial charge is 0.313 e. The molecule has 0 aliphatic rings. The normalized spacial score (nSPS) is 11.1. The molecule has 90 valence electrons. The minimum atomic E-state index is -0.193. The van der Waals surface area contributed by atoms with Crippen molar-refractivity contribution in [3.8, 4) is 0 Å². The molecule has 3 heteroatoms. The van der Waals surface area contributed by atoms with Crippen LogP contribution in [0.25, 0.3) is 0 Å². The van der Waals surface area contributed by atoms with Crippen LogP contribution in [-0.4, -0.2) is 6.54 Å². The van der Waals surface area contributed by atoms with Crippen LogP contribution in [0.1, 0.15) is 32.3 Å². The van der Waals surface area contributed by atoms with Gasteiger partial charge in [-0.2, -0.15) is 0 Å². The van der Waals surface area contributed by atoms with Crippen LogP contribution in [0.4, 0.5) is 4.39 Å². The highest BCUT2D eigenvalue weighted by atomic mass is 79.9. The predicted molar refractivity (Wildman–Crippen MR) is 69.9 cm³/mol. The standard InChI is InChI=1S/C13H19BrFN/c1-10(2)5-4-8-16-9-11-6-3-7-12(15)13(11)14/h3,6-7,10,16H,4-5,8-9H2,1-2H3. The van der Waals surface area contributed by atoms with Gasteiger partial charge in [-0.3, -0.25) is 0 Å². The molecule has 0 saturated carbocycles. The number of halogens is 2. The van der Waals surface area contributed by atoms with Crippen LogP contribution in [0.2, 0.25) is 0 Å². The molecule has 0 atom stereocenters. The summed E-state index contributed by atoms with van der Waals surface area (Å²) < 4.78 is 13.8. The molecule has 0 aliphatic heterocycles. The molecule has 0 spiro atoms. The van der Waals surface area contributed by atoms with E-state index < -0.39 is 0 Å². The van der Waals surface area contributed by atoms with Crippen LogP contribution in [0.5, 0.6) is 0 Å². The molecule has 0 fully saturated rings. The SMILES string of the molecule is CC(C)CCCNCc1cccc(F)c1Br. The van der Waals surface area contributed by atoms with Crippen molar-refractivity contribution in [1.82, 2.24) is 5.32 Å². The Balaban J connectivity index is 2.29. The fraction of sp³-hybridized carbons (Fsp3) is 0.538. The zero-order valence-corrected chi connectivity index (χ0v) is 11.5. The van der Waals surface area contributed by atoms with E-state index in [-0.39, 0.29) is 5.82 Å². The van der Waals surface area contributed by atoms with Gasteiger partial charge in [-0.15, -0.1) is 0 Å². The van der Waals surface area contributed by atoms with Crippen LogP contribution in [-0.2, 0) is 6.54 Å². The molecule has 0 heterocycles. The third-order valence-corrected chi connectivity index (χ3v) is 3.37. The molecule has 0 unspecified atom stereocenters. The Morgan fingerprint density at radius 2 is 2.12 bits per heavy atom. The van der Waals surface area contributed by atoms with Gasteiger partial charge in [-0.1, -0.05) is 26.0 Å². The third-order valence-electron chi connectivity index (χ3n) is 2.48. The summed E-state index contributed by atoms with van der Waals surface area (Å²) >= 11 is 3.26. The number of hydrogen-bond acceptors (Lipinski definition) is 1. The summed E-state index contributed by atoms with van der Waals surface area (Å²) in [5.41, 5.74) is 0.976. The maximum absolute atomic E-state index is 13.2. The summed E-state index contributed by atoms with van der Waals surface area (Å²) in [6, 6.07) is 5.14. The summed E-state index contributed by atoms with van der Waals surface area (Å²) in [5.74, 6) is 0.559. The van der Waals surface area contributed by atoms with Crippen molar-refractivity contribution >= 4 is 15.9 Å². The lowest BCUT2D eigenvalue weighted by atomic mass is 10.1. The van der Waals surface area contributed by atoms with E-state index in [2.05, 4.69) is 35.1 Å². The van der Waals surface area contributed by atoms with E-state index in [4.69, 9.17) is 0 Å². The first kappa shape index (κ1) is 13.7. The number of nitrogens with one attached hydrogen (secondary N) is 1. The Morgan fingerprint density at radius 3 is 2.81 bits per heavy atom. The van der Waals surface area contributed by atoms with Crippen LogP contribution >= 0.6 is 15.9 Å². The van der Waals surface area contributed by atoms with Crippen LogP contribution in [0.15, 0.2) is 22.7 Å². The smallest absolute Gasteiger partial charge is 0.137 e. The van der Waals surface area contributed by atoms with Gasteiger partial charge in [-0.25, -0.2) is 4.39 Å². The second-order valence-corrected chi connectivity index (χ2v) is 5.22. The molecule has 0 saturated heterocycles. The molecule has 16 heavy (non-hydrogen) atoms. The topological polar surface area (TPSA) is 12.0 Å². The van der Waals surface area contributed by atoms with Crippen molar-refractivity contribution in [2.24, 2.45) is 5.92 Å². The lowest BCUT2D eigenvalue weighted by molar-refractivity contribution is 0.526. The Kier molecular flexibility index (Phi) is 5.99. The Morgan fingerprint density at radius 1 is 1.38 bits per heavy atom. The molecule has 1 N–H and O–H groups in total. The second kappa shape index (κ2) is 7.02. The molecule has 1 rings (SSSR count). The minimum absolute atomic E-state index is 0.193. The summed E-state index contributed by atoms with van der Waals surface area (Å²) in [5, 5.41) is 3.33. The van der Waals surface area contributed by atoms with Gasteiger partial charge in [0.2, 0.25) is 0 Å². The maximum atomic E-state index is 13.2. The van der Waals surface area contributed by atoms with Gasteiger partial charge in [0.25, 0.3) is 0 Å². The van der Waals surface area contributed by atoms with Crippen LogP contribution < -0.4 is 5.32 Å². The first-order chi connectivity index (χ1) is 7.61. The zero-order valence-electron chi connectivity index (χ0n) is 9.89. The molecule has 1 aromatic carbocycles. The van der Waals surface area contributed by atoms with Gasteiger partial charge in [0, 0.05) is 6.54 Å². The zero-order chi connectivity index (χ0) is 12.0. The van der Waals surface area contributed by atoms with Crippen molar-refractivity contribution in [2.45, 2.75) is 33.2 Å². The fourth-order valence-electron chi connectivity index (χ4n) is 1.54. The van der Waals surface area contributed by atoms with E-state index >= 15 is 0 Å². The number of benzene rings is 1. The van der Waals surface area contributed by atoms with E-state index in [1.807, 2.05) is 6.07 Å². The van der Waals surface area contributed by atoms with Crippen molar-refractivity contribution in [1.29, 1.82) is 0 Å². The highest BCUT2D eigenvalue weighted by molar-refractivity contribution is 9.10. The van der Waals surface area contributed by atoms with E-state index in [0.717, 1.165) is 24.6 Å². The molecule has 0 radical (unpaired) electrons. The summed E-state index contributed by atoms with van der Waals surface area (Å²) in [7, 11) is 0. The van der Waals surface area contributed by atoms with Crippen molar-refractivity contribution in [3.63, 3.8) is 0 Å². The first-order valence-corrected chi connectivity index (χ1v) is 6.54. The second-order valence-electron chi connectivity index (χ2n) is 4.43. The first-order valence-electron chi connectivity index (χ1n) is 5.75. The molecule has 0 amide bonds. The Labute approximate surface area is 106 Å². The minimum Gasteiger partial charge on any atom is -0.313 e. The molecule has 0 aromatic heterocycles. The van der Waals surface area contributed by atoms with E-state index in [9.17, 15) is 4.39 Å². The molecule has 0 aliphatic carbocycles. The Hall–Kier alpha value is -0.410. The Bertz CT molecular complexity index is 326. The number of hydrogen-bond donors (Lipinski definition) is 1. The molecule has 0 bridgehead atoms. The molecule has 1 aromatic rings. The van der Waals surface area contributed by atoms with Gasteiger partial charge >= 0.3 is 0 Å². The van der Waals surface area contributed by atoms with Gasteiger partial charge < -0.3 is 5.32 Å². The molecule has 1 nitrogen and oxygen atoms in total. The van der Waals surface area contributed by atoms with Gasteiger partial charge in [0.05, 0.1) is 4.47 Å². The van der Waals surface area contributed by atoms with Crippen molar-refractivity contribution < 1.29 is 4.39 Å². The fourth-order valence-corrected chi connectivity index (χ4v) is 1.95. The lowest BCUT2D eigenvalue weighted by Gasteiger charge is -2.08. The van der Waals surface area contributed by atoms with E-state index in [1.54, 1.807) is 6.07 Å². The summed E-state index contributed by atoms with van der Waals surface area (Å²) in [4.78, 5) is 0. The number of rotatable bonds is 6. The van der Waals surface area contributed by atoms with Crippen LogP contribution in [0.3, 0.4) is 0 Å². The summed E-state index contributed by atoms with van der Waals surface area (Å²) in [6.45, 7) is 6.16. The molecular formula is C13H19BrFN. The third kappa shape index (κ3) is 4.62. The summed E-state index contributed by atoms with van der Waals surface area (Å²) in [6.07, 6.45) is 2.40. The monoisotopic (exact) mass is 287 g/mol. The lowest BCUT2D eigenvalue weighted by Crippen LogP contribution is -2.15. The maximum Gasteiger partial charge on any atom is 0.137 e. The van der Waals surface area contributed by atoms with Gasteiger partial charge in [-0.05, 0) is 52.9 Å². The van der Waals surface area contributed by atoms with Crippen molar-refractivity contribution in [3.05, 3.63) is 34.1 Å².